The highest BCUT2D eigenvalue weighted by molar-refractivity contribution is 5.94. The molecular formula is C10H18N2O2. The van der Waals surface area contributed by atoms with E-state index in [1.54, 1.807) is 11.8 Å². The van der Waals surface area contributed by atoms with E-state index in [4.69, 9.17) is 0 Å². The lowest BCUT2D eigenvalue weighted by Crippen LogP contribution is -2.63. The van der Waals surface area contributed by atoms with E-state index in [0.29, 0.717) is 0 Å². The van der Waals surface area contributed by atoms with Gasteiger partial charge in [0, 0.05) is 5.54 Å². The number of carbonyl (C=O) groups excluding carboxylic acids is 2. The summed E-state index contributed by atoms with van der Waals surface area (Å²) in [6, 6.07) is -0.355. The molecule has 1 fully saturated rings. The first kappa shape index (κ1) is 11.0. The van der Waals surface area contributed by atoms with Crippen molar-refractivity contribution >= 4 is 11.8 Å². The molecule has 1 atom stereocenters. The van der Waals surface area contributed by atoms with Gasteiger partial charge >= 0.3 is 0 Å². The maximum absolute atomic E-state index is 11.7. The summed E-state index contributed by atoms with van der Waals surface area (Å²) >= 11 is 0. The molecule has 1 rings (SSSR count). The molecule has 0 aliphatic carbocycles. The number of nitrogens with one attached hydrogen (secondary N) is 1. The van der Waals surface area contributed by atoms with Gasteiger partial charge in [0.2, 0.25) is 11.8 Å². The monoisotopic (exact) mass is 198 g/mol. The van der Waals surface area contributed by atoms with E-state index in [9.17, 15) is 9.59 Å². The molecule has 0 aromatic rings. The molecule has 1 heterocycles. The molecule has 4 nitrogen and oxygen atoms in total. The fourth-order valence-electron chi connectivity index (χ4n) is 1.76. The highest BCUT2D eigenvalue weighted by atomic mass is 16.2. The Morgan fingerprint density at radius 3 is 2.57 bits per heavy atom. The molecule has 1 aliphatic heterocycles. The van der Waals surface area contributed by atoms with Crippen LogP contribution in [-0.2, 0) is 9.59 Å². The number of carbonyl (C=O) groups is 2. The van der Waals surface area contributed by atoms with Crippen molar-refractivity contribution in [3.8, 4) is 0 Å². The smallest absolute Gasteiger partial charge is 0.243 e. The van der Waals surface area contributed by atoms with Crippen molar-refractivity contribution in [3.63, 3.8) is 0 Å². The molecule has 1 unspecified atom stereocenters. The Bertz CT molecular complexity index is 261. The van der Waals surface area contributed by atoms with Crippen LogP contribution in [0.2, 0.25) is 0 Å². The van der Waals surface area contributed by atoms with Gasteiger partial charge in [-0.2, -0.15) is 0 Å². The predicted octanol–water partition coefficient (Wildman–Crippen LogP) is 0.522. The highest BCUT2D eigenvalue weighted by Gasteiger charge is 2.39. The standard InChI is InChI=1S/C10H18N2O2/c1-5-10(3,4)12-7(2)9(14)11-6-8(12)13/h7H,5-6H2,1-4H3,(H,11,14). The molecule has 1 N–H and O–H groups in total. The second-order valence-corrected chi connectivity index (χ2v) is 4.32. The van der Waals surface area contributed by atoms with Crippen molar-refractivity contribution in [2.45, 2.75) is 45.7 Å². The Morgan fingerprint density at radius 1 is 1.50 bits per heavy atom. The number of hydrogen-bond donors (Lipinski definition) is 1. The van der Waals surface area contributed by atoms with Gasteiger partial charge in [0.05, 0.1) is 6.54 Å². The van der Waals surface area contributed by atoms with Crippen LogP contribution in [0.4, 0.5) is 0 Å². The van der Waals surface area contributed by atoms with Gasteiger partial charge in [0.25, 0.3) is 0 Å². The molecule has 4 heteroatoms. The number of nitrogens with zero attached hydrogens (tertiary/aromatic N) is 1. The largest absolute Gasteiger partial charge is 0.345 e. The van der Waals surface area contributed by atoms with Gasteiger partial charge in [0.15, 0.2) is 0 Å². The zero-order valence-corrected chi connectivity index (χ0v) is 9.26. The minimum atomic E-state index is -0.355. The molecule has 2 amide bonds. The Morgan fingerprint density at radius 2 is 2.07 bits per heavy atom. The number of piperazine rings is 1. The first-order chi connectivity index (χ1) is 6.40. The van der Waals surface area contributed by atoms with Gasteiger partial charge in [-0.05, 0) is 27.2 Å². The van der Waals surface area contributed by atoms with Gasteiger partial charge in [0.1, 0.15) is 6.04 Å². The molecule has 0 radical (unpaired) electrons. The molecule has 80 valence electrons. The van der Waals surface area contributed by atoms with Gasteiger partial charge in [-0.25, -0.2) is 0 Å². The third kappa shape index (κ3) is 1.74. The molecule has 0 saturated carbocycles. The summed E-state index contributed by atoms with van der Waals surface area (Å²) in [5, 5.41) is 2.58. The van der Waals surface area contributed by atoms with E-state index >= 15 is 0 Å². The zero-order valence-electron chi connectivity index (χ0n) is 9.26. The lowest BCUT2D eigenvalue weighted by molar-refractivity contribution is -0.151. The molecule has 0 aromatic carbocycles. The van der Waals surface area contributed by atoms with Crippen LogP contribution in [0.3, 0.4) is 0 Å². The molecule has 0 aromatic heterocycles. The van der Waals surface area contributed by atoms with E-state index in [0.717, 1.165) is 6.42 Å². The summed E-state index contributed by atoms with van der Waals surface area (Å²) < 4.78 is 0. The van der Waals surface area contributed by atoms with Crippen molar-refractivity contribution in [1.82, 2.24) is 10.2 Å². The van der Waals surface area contributed by atoms with Gasteiger partial charge in [-0.15, -0.1) is 0 Å². The summed E-state index contributed by atoms with van der Waals surface area (Å²) in [4.78, 5) is 24.8. The Labute approximate surface area is 84.7 Å². The van der Waals surface area contributed by atoms with Crippen LogP contribution in [0.1, 0.15) is 34.1 Å². The summed E-state index contributed by atoms with van der Waals surface area (Å²) in [6.07, 6.45) is 0.844. The topological polar surface area (TPSA) is 49.4 Å². The summed E-state index contributed by atoms with van der Waals surface area (Å²) in [5.41, 5.74) is -0.242. The van der Waals surface area contributed by atoms with Crippen LogP contribution in [0.15, 0.2) is 0 Å². The molecular weight excluding hydrogens is 180 g/mol. The van der Waals surface area contributed by atoms with E-state index in [-0.39, 0.29) is 29.9 Å². The van der Waals surface area contributed by atoms with Crippen LogP contribution in [-0.4, -0.2) is 34.8 Å². The predicted molar refractivity (Wildman–Crippen MR) is 53.7 cm³/mol. The van der Waals surface area contributed by atoms with Crippen molar-refractivity contribution in [2.24, 2.45) is 0 Å². The van der Waals surface area contributed by atoms with Crippen LogP contribution >= 0.6 is 0 Å². The van der Waals surface area contributed by atoms with Crippen LogP contribution < -0.4 is 5.32 Å². The Kier molecular flexibility index (Phi) is 2.83. The van der Waals surface area contributed by atoms with Crippen molar-refractivity contribution in [1.29, 1.82) is 0 Å². The number of rotatable bonds is 2. The second-order valence-electron chi connectivity index (χ2n) is 4.32. The maximum atomic E-state index is 11.7. The van der Waals surface area contributed by atoms with Gasteiger partial charge in [-0.3, -0.25) is 9.59 Å². The first-order valence-electron chi connectivity index (χ1n) is 5.00. The minimum absolute atomic E-state index is 0.00366. The quantitative estimate of drug-likeness (QED) is 0.703. The molecule has 1 saturated heterocycles. The fourth-order valence-corrected chi connectivity index (χ4v) is 1.76. The van der Waals surface area contributed by atoms with E-state index in [1.165, 1.54) is 0 Å². The maximum Gasteiger partial charge on any atom is 0.243 e. The second kappa shape index (κ2) is 3.59. The number of hydrogen-bond acceptors (Lipinski definition) is 2. The average Bonchev–Trinajstić information content (AvgIpc) is 2.12. The van der Waals surface area contributed by atoms with E-state index in [1.807, 2.05) is 20.8 Å². The van der Waals surface area contributed by atoms with Crippen LogP contribution in [0.5, 0.6) is 0 Å². The minimum Gasteiger partial charge on any atom is -0.345 e. The SMILES string of the molecule is CCC(C)(C)N1C(=O)CNC(=O)C1C. The summed E-state index contributed by atoms with van der Waals surface area (Å²) in [6.45, 7) is 7.89. The lowest BCUT2D eigenvalue weighted by Gasteiger charge is -2.44. The van der Waals surface area contributed by atoms with E-state index < -0.39 is 0 Å². The fraction of sp³-hybridized carbons (Fsp3) is 0.800. The molecule has 14 heavy (non-hydrogen) atoms. The lowest BCUT2D eigenvalue weighted by atomic mass is 9.95. The molecule has 0 spiro atoms. The summed E-state index contributed by atoms with van der Waals surface area (Å²) in [5.74, 6) is -0.0601. The third-order valence-corrected chi connectivity index (χ3v) is 2.97. The van der Waals surface area contributed by atoms with Crippen molar-refractivity contribution < 1.29 is 9.59 Å². The Hall–Kier alpha value is -1.06. The Balaban J connectivity index is 2.93. The number of amides is 2. The van der Waals surface area contributed by atoms with E-state index in [2.05, 4.69) is 5.32 Å². The van der Waals surface area contributed by atoms with Gasteiger partial charge in [-0.1, -0.05) is 6.92 Å². The van der Waals surface area contributed by atoms with Crippen LogP contribution in [0, 0.1) is 0 Å². The zero-order chi connectivity index (χ0) is 10.9. The summed E-state index contributed by atoms with van der Waals surface area (Å²) in [7, 11) is 0. The highest BCUT2D eigenvalue weighted by Crippen LogP contribution is 2.23. The van der Waals surface area contributed by atoms with Crippen LogP contribution in [0.25, 0.3) is 0 Å². The van der Waals surface area contributed by atoms with Gasteiger partial charge < -0.3 is 10.2 Å². The average molecular weight is 198 g/mol. The first-order valence-corrected chi connectivity index (χ1v) is 5.00. The molecule has 1 aliphatic rings. The normalized spacial score (nSPS) is 23.7. The van der Waals surface area contributed by atoms with Crippen molar-refractivity contribution in [2.75, 3.05) is 6.54 Å². The van der Waals surface area contributed by atoms with Crippen molar-refractivity contribution in [3.05, 3.63) is 0 Å². The third-order valence-electron chi connectivity index (χ3n) is 2.97. The molecule has 0 bridgehead atoms.